The first-order valence-corrected chi connectivity index (χ1v) is 14.2. The number of primary amides is 1. The molecule has 5 atom stereocenters. The number of alkyl carbamates (subject to hydrolysis) is 1. The number of ether oxygens (including phenoxy) is 1. The molecular weight excluding hydrogens is 546 g/mol. The summed E-state index contributed by atoms with van der Waals surface area (Å²) in [5, 5.41) is 24.9. The molecule has 5 amide bonds. The van der Waals surface area contributed by atoms with Crippen molar-refractivity contribution >= 4 is 29.7 Å². The van der Waals surface area contributed by atoms with Gasteiger partial charge in [-0.25, -0.2) is 4.79 Å². The standard InChI is InChI=1S/C29H43N5O8/c1-18(36)22(23(30)37)32-26(40)29(16-19-10-6-5-7-11-19)13-9-15-34(29)25(39)21-12-8-14-33(21)24(38)20(17-35)31-27(41)42-28(2,3)4/h5-7,10-11,18,20-22,35-36H,8-9,12-17H2,1-4H3,(H2,30,37)(H,31,41)(H,32,40)/t18-,20+,21+,22+,29?/m1/s1. The monoisotopic (exact) mass is 589 g/mol. The minimum atomic E-state index is -1.41. The van der Waals surface area contributed by atoms with Gasteiger partial charge in [-0.05, 0) is 58.9 Å². The average molecular weight is 590 g/mol. The third kappa shape index (κ3) is 7.57. The highest BCUT2D eigenvalue weighted by Gasteiger charge is 2.53. The zero-order valence-corrected chi connectivity index (χ0v) is 24.7. The Balaban J connectivity index is 1.90. The fourth-order valence-electron chi connectivity index (χ4n) is 5.64. The molecule has 42 heavy (non-hydrogen) atoms. The second kappa shape index (κ2) is 13.5. The number of nitrogens with two attached hydrogens (primary N) is 1. The number of hydrogen-bond donors (Lipinski definition) is 5. The molecule has 2 aliphatic heterocycles. The van der Waals surface area contributed by atoms with Gasteiger partial charge < -0.3 is 41.1 Å². The van der Waals surface area contributed by atoms with E-state index in [-0.39, 0.29) is 25.9 Å². The summed E-state index contributed by atoms with van der Waals surface area (Å²) in [6.07, 6.45) is -0.404. The molecule has 13 heteroatoms. The minimum Gasteiger partial charge on any atom is -0.444 e. The topological polar surface area (TPSA) is 192 Å². The first-order chi connectivity index (χ1) is 19.7. The normalized spacial score (nSPS) is 22.7. The van der Waals surface area contributed by atoms with Crippen LogP contribution in [0.3, 0.4) is 0 Å². The van der Waals surface area contributed by atoms with Crippen LogP contribution in [0, 0.1) is 0 Å². The number of rotatable bonds is 10. The summed E-state index contributed by atoms with van der Waals surface area (Å²) in [6, 6.07) is 5.49. The molecule has 232 valence electrons. The molecule has 6 N–H and O–H groups in total. The van der Waals surface area contributed by atoms with Gasteiger partial charge in [0, 0.05) is 19.5 Å². The van der Waals surface area contributed by atoms with Crippen LogP contribution in [0.25, 0.3) is 0 Å². The number of carbonyl (C=O) groups is 5. The number of nitrogens with zero attached hydrogens (tertiary/aromatic N) is 2. The van der Waals surface area contributed by atoms with E-state index in [1.165, 1.54) is 16.7 Å². The molecule has 2 aliphatic rings. The van der Waals surface area contributed by atoms with Crippen molar-refractivity contribution in [1.82, 2.24) is 20.4 Å². The van der Waals surface area contributed by atoms with E-state index in [1.807, 2.05) is 30.3 Å². The van der Waals surface area contributed by atoms with Crippen LogP contribution < -0.4 is 16.4 Å². The van der Waals surface area contributed by atoms with Crippen molar-refractivity contribution in [3.05, 3.63) is 35.9 Å². The Kier molecular flexibility index (Phi) is 10.6. The first-order valence-electron chi connectivity index (χ1n) is 14.2. The fourth-order valence-corrected chi connectivity index (χ4v) is 5.64. The first kappa shape index (κ1) is 32.8. The highest BCUT2D eigenvalue weighted by atomic mass is 16.6. The summed E-state index contributed by atoms with van der Waals surface area (Å²) < 4.78 is 5.21. The Hall–Kier alpha value is -3.71. The van der Waals surface area contributed by atoms with Crippen molar-refractivity contribution in [2.75, 3.05) is 19.7 Å². The summed E-state index contributed by atoms with van der Waals surface area (Å²) in [6.45, 7) is 6.08. The zero-order valence-electron chi connectivity index (χ0n) is 24.7. The van der Waals surface area contributed by atoms with Crippen LogP contribution in [0.15, 0.2) is 30.3 Å². The van der Waals surface area contributed by atoms with Gasteiger partial charge in [-0.15, -0.1) is 0 Å². The Morgan fingerprint density at radius 2 is 1.76 bits per heavy atom. The Morgan fingerprint density at radius 1 is 1.10 bits per heavy atom. The van der Waals surface area contributed by atoms with E-state index < -0.39 is 71.7 Å². The number of hydrogen-bond acceptors (Lipinski definition) is 8. The Labute approximate surface area is 245 Å². The van der Waals surface area contributed by atoms with Gasteiger partial charge in [-0.2, -0.15) is 0 Å². The molecule has 0 saturated carbocycles. The van der Waals surface area contributed by atoms with Gasteiger partial charge in [0.1, 0.15) is 29.3 Å². The van der Waals surface area contributed by atoms with Crippen molar-refractivity contribution in [2.24, 2.45) is 5.73 Å². The lowest BCUT2D eigenvalue weighted by atomic mass is 9.86. The smallest absolute Gasteiger partial charge is 0.408 e. The molecule has 2 fully saturated rings. The molecule has 0 spiro atoms. The fraction of sp³-hybridized carbons (Fsp3) is 0.621. The SMILES string of the molecule is C[C@@H](O)[C@H](NC(=O)C1(Cc2ccccc2)CCCN1C(=O)[C@@H]1CCCN1C(=O)[C@H](CO)NC(=O)OC(C)(C)C)C(N)=O. The second-order valence-electron chi connectivity index (χ2n) is 12.0. The van der Waals surface area contributed by atoms with Crippen molar-refractivity contribution < 1.29 is 38.9 Å². The van der Waals surface area contributed by atoms with Crippen molar-refractivity contribution in [3.63, 3.8) is 0 Å². The largest absolute Gasteiger partial charge is 0.444 e. The summed E-state index contributed by atoms with van der Waals surface area (Å²) in [4.78, 5) is 68.7. The van der Waals surface area contributed by atoms with E-state index in [1.54, 1.807) is 20.8 Å². The van der Waals surface area contributed by atoms with Gasteiger partial charge >= 0.3 is 6.09 Å². The van der Waals surface area contributed by atoms with Crippen LogP contribution in [0.5, 0.6) is 0 Å². The Bertz CT molecular complexity index is 1150. The second-order valence-corrected chi connectivity index (χ2v) is 12.0. The molecule has 13 nitrogen and oxygen atoms in total. The van der Waals surface area contributed by atoms with Gasteiger partial charge in [-0.3, -0.25) is 19.2 Å². The summed E-state index contributed by atoms with van der Waals surface area (Å²) in [7, 11) is 0. The van der Waals surface area contributed by atoms with Crippen molar-refractivity contribution in [3.8, 4) is 0 Å². The van der Waals surface area contributed by atoms with E-state index in [0.29, 0.717) is 19.3 Å². The van der Waals surface area contributed by atoms with Gasteiger partial charge in [0.15, 0.2) is 0 Å². The number of likely N-dealkylation sites (tertiary alicyclic amines) is 2. The zero-order chi connectivity index (χ0) is 31.2. The van der Waals surface area contributed by atoms with E-state index >= 15 is 0 Å². The third-order valence-corrected chi connectivity index (χ3v) is 7.58. The molecule has 0 radical (unpaired) electrons. The van der Waals surface area contributed by atoms with Gasteiger partial charge in [0.25, 0.3) is 0 Å². The van der Waals surface area contributed by atoms with Crippen molar-refractivity contribution in [1.29, 1.82) is 0 Å². The van der Waals surface area contributed by atoms with Gasteiger partial charge in [0.2, 0.25) is 23.6 Å². The van der Waals surface area contributed by atoms with Crippen LogP contribution in [-0.4, -0.2) is 105 Å². The van der Waals surface area contributed by atoms with Crippen LogP contribution in [-0.2, 0) is 30.3 Å². The number of carbonyl (C=O) groups excluding carboxylic acids is 5. The summed E-state index contributed by atoms with van der Waals surface area (Å²) >= 11 is 0. The van der Waals surface area contributed by atoms with Crippen molar-refractivity contribution in [2.45, 2.75) is 95.2 Å². The van der Waals surface area contributed by atoms with E-state index in [2.05, 4.69) is 10.6 Å². The van der Waals surface area contributed by atoms with Crippen LogP contribution >= 0.6 is 0 Å². The lowest BCUT2D eigenvalue weighted by Crippen LogP contribution is -2.65. The van der Waals surface area contributed by atoms with Crippen LogP contribution in [0.4, 0.5) is 4.79 Å². The quantitative estimate of drug-likeness (QED) is 0.248. The molecule has 1 unspecified atom stereocenters. The average Bonchev–Trinajstić information content (AvgIpc) is 3.57. The maximum absolute atomic E-state index is 14.2. The molecule has 2 heterocycles. The number of nitrogens with one attached hydrogen (secondary N) is 2. The third-order valence-electron chi connectivity index (χ3n) is 7.58. The molecule has 0 aliphatic carbocycles. The number of amides is 5. The Morgan fingerprint density at radius 3 is 2.33 bits per heavy atom. The molecule has 0 aromatic heterocycles. The van der Waals surface area contributed by atoms with Gasteiger partial charge in [0.05, 0.1) is 12.7 Å². The minimum absolute atomic E-state index is 0.136. The van der Waals surface area contributed by atoms with Crippen LogP contribution in [0.2, 0.25) is 0 Å². The highest BCUT2D eigenvalue weighted by Crippen LogP contribution is 2.36. The summed E-state index contributed by atoms with van der Waals surface area (Å²) in [5.74, 6) is -2.63. The van der Waals surface area contributed by atoms with E-state index in [4.69, 9.17) is 10.5 Å². The maximum atomic E-state index is 14.2. The lowest BCUT2D eigenvalue weighted by Gasteiger charge is -2.41. The molecule has 0 bridgehead atoms. The molecule has 1 aromatic carbocycles. The number of aliphatic hydroxyl groups is 2. The van der Waals surface area contributed by atoms with Crippen LogP contribution in [0.1, 0.15) is 58.9 Å². The van der Waals surface area contributed by atoms with E-state index in [9.17, 15) is 34.2 Å². The predicted octanol–water partition coefficient (Wildman–Crippen LogP) is -0.182. The maximum Gasteiger partial charge on any atom is 0.408 e. The van der Waals surface area contributed by atoms with E-state index in [0.717, 1.165) is 5.56 Å². The number of aliphatic hydroxyl groups excluding tert-OH is 2. The van der Waals surface area contributed by atoms with Gasteiger partial charge in [-0.1, -0.05) is 30.3 Å². The molecule has 3 rings (SSSR count). The summed E-state index contributed by atoms with van der Waals surface area (Å²) in [5.41, 5.74) is 3.98. The predicted molar refractivity (Wildman–Crippen MR) is 152 cm³/mol. The molecular formula is C29H43N5O8. The highest BCUT2D eigenvalue weighted by molar-refractivity contribution is 5.98. The number of benzene rings is 1. The lowest BCUT2D eigenvalue weighted by molar-refractivity contribution is -0.152. The molecule has 1 aromatic rings. The molecule has 2 saturated heterocycles.